The van der Waals surface area contributed by atoms with Gasteiger partial charge in [-0.3, -0.25) is 0 Å². The van der Waals surface area contributed by atoms with Gasteiger partial charge >= 0.3 is 0 Å². The molecular formula is C12H17ClN2. The summed E-state index contributed by atoms with van der Waals surface area (Å²) in [5, 5.41) is 0.601. The molecule has 0 amide bonds. The van der Waals surface area contributed by atoms with Crippen LogP contribution in [0.2, 0.25) is 5.15 Å². The third kappa shape index (κ3) is 2.43. The first kappa shape index (κ1) is 10.7. The molecule has 2 nitrogen and oxygen atoms in total. The normalized spacial score (nSPS) is 15.6. The number of aryl methyl sites for hydroxylation is 1. The highest BCUT2D eigenvalue weighted by Gasteiger charge is 2.18. The molecule has 3 heteroatoms. The molecule has 0 bridgehead atoms. The lowest BCUT2D eigenvalue weighted by Crippen LogP contribution is -2.33. The van der Waals surface area contributed by atoms with Crippen molar-refractivity contribution >= 4 is 17.4 Å². The number of rotatable bonds is 2. The molecule has 2 heterocycles. The van der Waals surface area contributed by atoms with Crippen molar-refractivity contribution in [3.8, 4) is 0 Å². The van der Waals surface area contributed by atoms with Crippen molar-refractivity contribution in [3.05, 3.63) is 22.8 Å². The number of fused-ring (bicyclic) bond motifs is 1. The largest absolute Gasteiger partial charge is 0.356 e. The standard InChI is InChI=1S/C12H17ClN2/c1-9(2)8-15-7-3-4-10-5-6-11(13)14-12(10)15/h5-6,9H,3-4,7-8H2,1-2H3. The molecule has 0 spiro atoms. The Hall–Kier alpha value is -0.760. The van der Waals surface area contributed by atoms with E-state index in [0.717, 1.165) is 25.3 Å². The van der Waals surface area contributed by atoms with Crippen LogP contribution in [0.3, 0.4) is 0 Å². The highest BCUT2D eigenvalue weighted by Crippen LogP contribution is 2.27. The quantitative estimate of drug-likeness (QED) is 0.718. The summed E-state index contributed by atoms with van der Waals surface area (Å²) in [4.78, 5) is 6.80. The summed E-state index contributed by atoms with van der Waals surface area (Å²) in [6, 6.07) is 4.00. The van der Waals surface area contributed by atoms with Crippen LogP contribution in [0.1, 0.15) is 25.8 Å². The average Bonchev–Trinajstić information content (AvgIpc) is 2.18. The van der Waals surface area contributed by atoms with Crippen LogP contribution in [0.15, 0.2) is 12.1 Å². The monoisotopic (exact) mass is 224 g/mol. The molecule has 82 valence electrons. The van der Waals surface area contributed by atoms with Gasteiger partial charge < -0.3 is 4.90 Å². The third-order valence-corrected chi connectivity index (χ3v) is 2.89. The Labute approximate surface area is 96.3 Å². The van der Waals surface area contributed by atoms with Crippen LogP contribution >= 0.6 is 11.6 Å². The van der Waals surface area contributed by atoms with Gasteiger partial charge in [-0.1, -0.05) is 31.5 Å². The third-order valence-electron chi connectivity index (χ3n) is 2.68. The predicted molar refractivity (Wildman–Crippen MR) is 64.6 cm³/mol. The Bertz CT molecular complexity index is 349. The number of halogens is 1. The highest BCUT2D eigenvalue weighted by atomic mass is 35.5. The van der Waals surface area contributed by atoms with Crippen LogP contribution in [0.25, 0.3) is 0 Å². The van der Waals surface area contributed by atoms with Gasteiger partial charge in [-0.05, 0) is 30.4 Å². The molecule has 1 aromatic heterocycles. The molecule has 0 aromatic carbocycles. The van der Waals surface area contributed by atoms with E-state index in [0.29, 0.717) is 11.1 Å². The van der Waals surface area contributed by atoms with Crippen molar-refractivity contribution in [2.75, 3.05) is 18.0 Å². The van der Waals surface area contributed by atoms with Crippen molar-refractivity contribution in [2.45, 2.75) is 26.7 Å². The Balaban J connectivity index is 2.28. The van der Waals surface area contributed by atoms with Crippen LogP contribution < -0.4 is 4.90 Å². The zero-order valence-corrected chi connectivity index (χ0v) is 10.1. The average molecular weight is 225 g/mol. The van der Waals surface area contributed by atoms with E-state index in [2.05, 4.69) is 29.8 Å². The Kier molecular flexibility index (Phi) is 3.15. The number of anilines is 1. The lowest BCUT2D eigenvalue weighted by atomic mass is 10.0. The van der Waals surface area contributed by atoms with Gasteiger partial charge in [0.05, 0.1) is 0 Å². The molecule has 1 aromatic rings. The fourth-order valence-electron chi connectivity index (χ4n) is 2.11. The number of hydrogen-bond donors (Lipinski definition) is 0. The van der Waals surface area contributed by atoms with Crippen molar-refractivity contribution in [2.24, 2.45) is 5.92 Å². The Morgan fingerprint density at radius 2 is 2.27 bits per heavy atom. The maximum Gasteiger partial charge on any atom is 0.133 e. The van der Waals surface area contributed by atoms with E-state index in [9.17, 15) is 0 Å². The van der Waals surface area contributed by atoms with E-state index in [1.54, 1.807) is 0 Å². The van der Waals surface area contributed by atoms with Crippen LogP contribution in [-0.4, -0.2) is 18.1 Å². The zero-order valence-electron chi connectivity index (χ0n) is 9.33. The van der Waals surface area contributed by atoms with Crippen LogP contribution in [0.4, 0.5) is 5.82 Å². The first-order valence-electron chi connectivity index (χ1n) is 5.57. The summed E-state index contributed by atoms with van der Waals surface area (Å²) in [5.74, 6) is 1.76. The maximum absolute atomic E-state index is 5.94. The van der Waals surface area contributed by atoms with Crippen LogP contribution in [0, 0.1) is 5.92 Å². The summed E-state index contributed by atoms with van der Waals surface area (Å²) in [6.07, 6.45) is 2.36. The molecule has 0 saturated heterocycles. The predicted octanol–water partition coefficient (Wildman–Crippen LogP) is 3.14. The zero-order chi connectivity index (χ0) is 10.8. The van der Waals surface area contributed by atoms with Crippen LogP contribution in [-0.2, 0) is 6.42 Å². The van der Waals surface area contributed by atoms with E-state index in [4.69, 9.17) is 11.6 Å². The lowest BCUT2D eigenvalue weighted by Gasteiger charge is -2.31. The minimum atomic E-state index is 0.601. The molecule has 0 unspecified atom stereocenters. The van der Waals surface area contributed by atoms with E-state index in [1.807, 2.05) is 6.07 Å². The van der Waals surface area contributed by atoms with E-state index >= 15 is 0 Å². The molecule has 0 radical (unpaired) electrons. The van der Waals surface area contributed by atoms with Gasteiger partial charge in [0.25, 0.3) is 0 Å². The molecule has 1 aliphatic heterocycles. The van der Waals surface area contributed by atoms with E-state index < -0.39 is 0 Å². The molecule has 1 aliphatic rings. The highest BCUT2D eigenvalue weighted by molar-refractivity contribution is 6.29. The van der Waals surface area contributed by atoms with Gasteiger partial charge in [0.2, 0.25) is 0 Å². The van der Waals surface area contributed by atoms with Gasteiger partial charge in [0, 0.05) is 13.1 Å². The summed E-state index contributed by atoms with van der Waals surface area (Å²) < 4.78 is 0. The minimum absolute atomic E-state index is 0.601. The molecule has 0 aliphatic carbocycles. The summed E-state index contributed by atoms with van der Waals surface area (Å²) in [7, 11) is 0. The van der Waals surface area contributed by atoms with Gasteiger partial charge in [-0.2, -0.15) is 0 Å². The van der Waals surface area contributed by atoms with Gasteiger partial charge in [-0.25, -0.2) is 4.98 Å². The summed E-state index contributed by atoms with van der Waals surface area (Å²) in [6.45, 7) is 6.65. The number of hydrogen-bond acceptors (Lipinski definition) is 2. The second-order valence-electron chi connectivity index (χ2n) is 4.56. The maximum atomic E-state index is 5.94. The van der Waals surface area contributed by atoms with E-state index in [-0.39, 0.29) is 0 Å². The van der Waals surface area contributed by atoms with E-state index in [1.165, 1.54) is 12.0 Å². The molecule has 15 heavy (non-hydrogen) atoms. The second kappa shape index (κ2) is 4.40. The lowest BCUT2D eigenvalue weighted by molar-refractivity contribution is 0.578. The Morgan fingerprint density at radius 1 is 1.47 bits per heavy atom. The van der Waals surface area contributed by atoms with Crippen molar-refractivity contribution < 1.29 is 0 Å². The number of nitrogens with zero attached hydrogens (tertiary/aromatic N) is 2. The molecule has 0 atom stereocenters. The smallest absolute Gasteiger partial charge is 0.133 e. The molecule has 2 rings (SSSR count). The Morgan fingerprint density at radius 3 is 3.00 bits per heavy atom. The minimum Gasteiger partial charge on any atom is -0.356 e. The second-order valence-corrected chi connectivity index (χ2v) is 4.95. The fraction of sp³-hybridized carbons (Fsp3) is 0.583. The van der Waals surface area contributed by atoms with Crippen LogP contribution in [0.5, 0.6) is 0 Å². The fourth-order valence-corrected chi connectivity index (χ4v) is 2.25. The molecule has 0 N–H and O–H groups in total. The first-order valence-corrected chi connectivity index (χ1v) is 5.95. The summed E-state index contributed by atoms with van der Waals surface area (Å²) >= 11 is 5.94. The SMILES string of the molecule is CC(C)CN1CCCc2ccc(Cl)nc21. The van der Waals surface area contributed by atoms with Crippen molar-refractivity contribution in [1.82, 2.24) is 4.98 Å². The van der Waals surface area contributed by atoms with Gasteiger partial charge in [-0.15, -0.1) is 0 Å². The van der Waals surface area contributed by atoms with Crippen molar-refractivity contribution in [1.29, 1.82) is 0 Å². The first-order chi connectivity index (χ1) is 7.16. The molecule has 0 saturated carbocycles. The number of pyridine rings is 1. The van der Waals surface area contributed by atoms with Gasteiger partial charge in [0.1, 0.15) is 11.0 Å². The van der Waals surface area contributed by atoms with Crippen molar-refractivity contribution in [3.63, 3.8) is 0 Å². The molecular weight excluding hydrogens is 208 g/mol. The van der Waals surface area contributed by atoms with Gasteiger partial charge in [0.15, 0.2) is 0 Å². The molecule has 0 fully saturated rings. The summed E-state index contributed by atoms with van der Waals surface area (Å²) in [5.41, 5.74) is 1.34. The topological polar surface area (TPSA) is 16.1 Å². The number of aromatic nitrogens is 1.